The average molecular weight is 455 g/mol. The summed E-state index contributed by atoms with van der Waals surface area (Å²) in [5.41, 5.74) is 1.17. The SMILES string of the molecule is CC(=N)/C(Cn1cc(N2C(=O)N(Cc3cccc(C(=O)O)c3)C(C)(C)C2=O)cn1)=C(/C)P. The van der Waals surface area contributed by atoms with E-state index in [4.69, 9.17) is 5.41 Å². The summed E-state index contributed by atoms with van der Waals surface area (Å²) in [6.07, 6.45) is 3.06. The van der Waals surface area contributed by atoms with Crippen LogP contribution in [-0.2, 0) is 17.9 Å². The van der Waals surface area contributed by atoms with Gasteiger partial charge in [0.25, 0.3) is 5.91 Å². The lowest BCUT2D eigenvalue weighted by Crippen LogP contribution is -2.43. The van der Waals surface area contributed by atoms with Crippen LogP contribution in [0.2, 0.25) is 0 Å². The van der Waals surface area contributed by atoms with Crippen molar-refractivity contribution < 1.29 is 19.5 Å². The molecule has 0 saturated carbocycles. The number of hydrogen-bond donors (Lipinski definition) is 2. The molecule has 0 bridgehead atoms. The van der Waals surface area contributed by atoms with E-state index in [1.165, 1.54) is 23.2 Å². The number of hydrogen-bond acceptors (Lipinski definition) is 5. The van der Waals surface area contributed by atoms with Crippen LogP contribution < -0.4 is 4.90 Å². The zero-order valence-electron chi connectivity index (χ0n) is 18.4. The van der Waals surface area contributed by atoms with Gasteiger partial charge in [-0.25, -0.2) is 14.5 Å². The van der Waals surface area contributed by atoms with Gasteiger partial charge in [0.1, 0.15) is 5.54 Å². The van der Waals surface area contributed by atoms with Crippen molar-refractivity contribution in [3.8, 4) is 0 Å². The first-order valence-electron chi connectivity index (χ1n) is 9.95. The number of carbonyl (C=O) groups is 3. The molecule has 0 spiro atoms. The van der Waals surface area contributed by atoms with Crippen LogP contribution in [0.4, 0.5) is 10.5 Å². The molecule has 1 aliphatic heterocycles. The standard InChI is InChI=1S/C22H26N5O4P/c1-13(23)18(14(2)32)12-25-11-17(9-24-25)27-20(30)22(3,4)26(21(27)31)10-15-6-5-7-16(8-15)19(28)29/h5-9,11,23H,10,12,32H2,1-4H3,(H,28,29)/b18-14-,23-13?. The smallest absolute Gasteiger partial charge is 0.335 e. The number of carboxylic acid groups (broad SMARTS) is 1. The number of nitrogens with one attached hydrogen (secondary N) is 1. The normalized spacial score (nSPS) is 16.4. The van der Waals surface area contributed by atoms with Crippen molar-refractivity contribution in [1.82, 2.24) is 14.7 Å². The first-order chi connectivity index (χ1) is 14.9. The minimum atomic E-state index is -1.12. The minimum absolute atomic E-state index is 0.0927. The zero-order valence-corrected chi connectivity index (χ0v) is 19.6. The Morgan fingerprint density at radius 1 is 1.25 bits per heavy atom. The predicted octanol–water partition coefficient (Wildman–Crippen LogP) is 3.52. The molecule has 10 heteroatoms. The van der Waals surface area contributed by atoms with Crippen LogP contribution in [0.1, 0.15) is 43.6 Å². The number of urea groups is 1. The highest BCUT2D eigenvalue weighted by molar-refractivity contribution is 7.22. The van der Waals surface area contributed by atoms with Crippen LogP contribution in [0.5, 0.6) is 0 Å². The maximum atomic E-state index is 13.2. The van der Waals surface area contributed by atoms with Gasteiger partial charge in [0.2, 0.25) is 0 Å². The second-order valence-electron chi connectivity index (χ2n) is 8.26. The molecule has 32 heavy (non-hydrogen) atoms. The number of amides is 3. The third kappa shape index (κ3) is 4.34. The fourth-order valence-corrected chi connectivity index (χ4v) is 3.88. The van der Waals surface area contributed by atoms with Crippen molar-refractivity contribution in [2.45, 2.75) is 46.3 Å². The van der Waals surface area contributed by atoms with E-state index in [9.17, 15) is 19.5 Å². The summed E-state index contributed by atoms with van der Waals surface area (Å²) in [4.78, 5) is 40.2. The number of allylic oxidation sites excluding steroid dienone is 2. The molecule has 0 radical (unpaired) electrons. The Bertz CT molecular complexity index is 1150. The number of imide groups is 1. The van der Waals surface area contributed by atoms with Crippen LogP contribution in [0.3, 0.4) is 0 Å². The van der Waals surface area contributed by atoms with Gasteiger partial charge in [0, 0.05) is 18.5 Å². The van der Waals surface area contributed by atoms with Gasteiger partial charge in [-0.1, -0.05) is 12.1 Å². The quantitative estimate of drug-likeness (QED) is 0.376. The van der Waals surface area contributed by atoms with Crippen molar-refractivity contribution >= 4 is 38.5 Å². The molecule has 1 aromatic carbocycles. The molecule has 3 rings (SSSR count). The highest BCUT2D eigenvalue weighted by Gasteiger charge is 2.52. The number of carboxylic acids is 1. The zero-order chi connectivity index (χ0) is 23.8. The molecule has 2 aromatic rings. The summed E-state index contributed by atoms with van der Waals surface area (Å²) in [5.74, 6) is -1.45. The Balaban J connectivity index is 1.88. The van der Waals surface area contributed by atoms with Gasteiger partial charge >= 0.3 is 12.0 Å². The van der Waals surface area contributed by atoms with E-state index in [1.807, 2.05) is 6.92 Å². The molecule has 168 valence electrons. The fraction of sp³-hybridized carbons (Fsp3) is 0.318. The Morgan fingerprint density at radius 3 is 2.53 bits per heavy atom. The van der Waals surface area contributed by atoms with Gasteiger partial charge in [0.05, 0.1) is 24.0 Å². The first kappa shape index (κ1) is 23.3. The monoisotopic (exact) mass is 455 g/mol. The Hall–Kier alpha value is -3.32. The van der Waals surface area contributed by atoms with Crippen molar-refractivity contribution in [2.75, 3.05) is 4.90 Å². The highest BCUT2D eigenvalue weighted by atomic mass is 31.0. The summed E-state index contributed by atoms with van der Waals surface area (Å²) in [5, 5.41) is 22.3. The molecule has 2 N–H and O–H groups in total. The van der Waals surface area contributed by atoms with Gasteiger partial charge in [-0.2, -0.15) is 5.10 Å². The number of rotatable bonds is 7. The van der Waals surface area contributed by atoms with Crippen molar-refractivity contribution in [2.24, 2.45) is 0 Å². The van der Waals surface area contributed by atoms with E-state index in [2.05, 4.69) is 14.3 Å². The van der Waals surface area contributed by atoms with Gasteiger partial charge < -0.3 is 15.4 Å². The maximum absolute atomic E-state index is 13.2. The molecule has 1 saturated heterocycles. The molecule has 3 amide bonds. The van der Waals surface area contributed by atoms with Gasteiger partial charge in [-0.15, -0.1) is 9.24 Å². The van der Waals surface area contributed by atoms with Gasteiger partial charge in [-0.05, 0) is 56.3 Å². The maximum Gasteiger partial charge on any atom is 0.335 e. The Morgan fingerprint density at radius 2 is 1.94 bits per heavy atom. The lowest BCUT2D eigenvalue weighted by molar-refractivity contribution is -0.123. The lowest BCUT2D eigenvalue weighted by atomic mass is 10.0. The van der Waals surface area contributed by atoms with Crippen molar-refractivity contribution in [1.29, 1.82) is 5.41 Å². The second-order valence-corrected chi connectivity index (χ2v) is 9.12. The van der Waals surface area contributed by atoms with E-state index < -0.39 is 23.4 Å². The predicted molar refractivity (Wildman–Crippen MR) is 124 cm³/mol. The molecule has 2 heterocycles. The van der Waals surface area contributed by atoms with Crippen LogP contribution in [-0.4, -0.2) is 48.9 Å². The molecule has 1 unspecified atom stereocenters. The van der Waals surface area contributed by atoms with E-state index in [1.54, 1.807) is 43.8 Å². The largest absolute Gasteiger partial charge is 0.478 e. The lowest BCUT2D eigenvalue weighted by Gasteiger charge is -2.27. The molecule has 9 nitrogen and oxygen atoms in total. The van der Waals surface area contributed by atoms with Crippen LogP contribution in [0.25, 0.3) is 0 Å². The average Bonchev–Trinajstić information content (AvgIpc) is 3.23. The number of benzene rings is 1. The number of nitrogens with zero attached hydrogens (tertiary/aromatic N) is 4. The summed E-state index contributed by atoms with van der Waals surface area (Å²) in [6.45, 7) is 7.34. The van der Waals surface area contributed by atoms with E-state index >= 15 is 0 Å². The molecular formula is C22H26N5O4P. The van der Waals surface area contributed by atoms with E-state index in [-0.39, 0.29) is 12.1 Å². The summed E-state index contributed by atoms with van der Waals surface area (Å²) in [6, 6.07) is 5.81. The topological polar surface area (TPSA) is 120 Å². The first-order valence-corrected chi connectivity index (χ1v) is 10.5. The molecule has 1 aromatic heterocycles. The minimum Gasteiger partial charge on any atom is -0.478 e. The number of aromatic carboxylic acids is 1. The van der Waals surface area contributed by atoms with Crippen LogP contribution in [0.15, 0.2) is 47.5 Å². The Kier molecular flexibility index (Phi) is 6.32. The van der Waals surface area contributed by atoms with Gasteiger partial charge in [0.15, 0.2) is 0 Å². The highest BCUT2D eigenvalue weighted by Crippen LogP contribution is 2.33. The molecule has 1 aliphatic rings. The number of aromatic nitrogens is 2. The third-order valence-electron chi connectivity index (χ3n) is 5.46. The summed E-state index contributed by atoms with van der Waals surface area (Å²) >= 11 is 0. The van der Waals surface area contributed by atoms with E-state index in [0.717, 1.165) is 15.8 Å². The van der Waals surface area contributed by atoms with Crippen LogP contribution >= 0.6 is 9.24 Å². The van der Waals surface area contributed by atoms with Gasteiger partial charge in [-0.3, -0.25) is 9.48 Å². The second kappa shape index (κ2) is 8.67. The summed E-state index contributed by atoms with van der Waals surface area (Å²) in [7, 11) is 2.58. The molecule has 0 aliphatic carbocycles. The van der Waals surface area contributed by atoms with Crippen molar-refractivity contribution in [3.05, 3.63) is 58.7 Å². The molecule has 1 fully saturated rings. The fourth-order valence-electron chi connectivity index (χ4n) is 3.57. The third-order valence-corrected chi connectivity index (χ3v) is 5.81. The van der Waals surface area contributed by atoms with Crippen molar-refractivity contribution in [3.63, 3.8) is 0 Å². The number of carbonyl (C=O) groups excluding carboxylic acids is 2. The molecule has 1 atom stereocenters. The number of anilines is 1. The summed E-state index contributed by atoms with van der Waals surface area (Å²) < 4.78 is 1.59. The van der Waals surface area contributed by atoms with Crippen LogP contribution in [0, 0.1) is 5.41 Å². The Labute approximate surface area is 188 Å². The molecular weight excluding hydrogens is 429 g/mol. The van der Waals surface area contributed by atoms with E-state index in [0.29, 0.717) is 23.5 Å².